The maximum absolute atomic E-state index is 13.2. The molecule has 0 atom stereocenters. The van der Waals surface area contributed by atoms with Crippen molar-refractivity contribution in [3.63, 3.8) is 0 Å². The first-order chi connectivity index (χ1) is 11.8. The number of halogens is 1. The summed E-state index contributed by atoms with van der Waals surface area (Å²) in [7, 11) is -4.00. The smallest absolute Gasteiger partial charge is 0.324 e. The molecule has 0 fully saturated rings. The zero-order valence-electron chi connectivity index (χ0n) is 14.1. The third kappa shape index (κ3) is 4.22. The molecule has 1 N–H and O–H groups in total. The van der Waals surface area contributed by atoms with Crippen LogP contribution in [0.25, 0.3) is 0 Å². The second kappa shape index (κ2) is 8.01. The van der Waals surface area contributed by atoms with Crippen LogP contribution in [0.4, 0.5) is 5.69 Å². The van der Waals surface area contributed by atoms with Crippen molar-refractivity contribution >= 4 is 37.6 Å². The van der Waals surface area contributed by atoms with E-state index in [1.165, 1.54) is 12.1 Å². The minimum absolute atomic E-state index is 0.0601. The second-order valence-electron chi connectivity index (χ2n) is 5.49. The van der Waals surface area contributed by atoms with Gasteiger partial charge in [0, 0.05) is 4.47 Å². The lowest BCUT2D eigenvalue weighted by Gasteiger charge is -2.27. The Hall–Kier alpha value is -1.86. The highest BCUT2D eigenvalue weighted by Crippen LogP contribution is 2.32. The molecule has 0 aromatic heterocycles. The van der Waals surface area contributed by atoms with Gasteiger partial charge in [-0.3, -0.25) is 9.10 Å². The first kappa shape index (κ1) is 19.5. The third-order valence-electron chi connectivity index (χ3n) is 3.89. The molecule has 0 aliphatic rings. The largest absolute Gasteiger partial charge is 0.480 e. The molecule has 0 bridgehead atoms. The van der Waals surface area contributed by atoms with Gasteiger partial charge in [-0.15, -0.1) is 0 Å². The molecule has 2 rings (SSSR count). The number of aryl methyl sites for hydroxylation is 2. The van der Waals surface area contributed by atoms with Gasteiger partial charge in [0.1, 0.15) is 6.54 Å². The lowest BCUT2D eigenvalue weighted by atomic mass is 10.0. The number of benzene rings is 2. The molecule has 2 aromatic carbocycles. The summed E-state index contributed by atoms with van der Waals surface area (Å²) in [6, 6.07) is 11.7. The quantitative estimate of drug-likeness (QED) is 0.730. The molecule has 2 aromatic rings. The summed E-state index contributed by atoms with van der Waals surface area (Å²) in [6.45, 7) is 3.22. The van der Waals surface area contributed by atoms with E-state index in [1.54, 1.807) is 12.1 Å². The Balaban J connectivity index is 2.69. The van der Waals surface area contributed by atoms with Crippen molar-refractivity contribution in [3.8, 4) is 0 Å². The van der Waals surface area contributed by atoms with Gasteiger partial charge in [-0.25, -0.2) is 8.42 Å². The van der Waals surface area contributed by atoms with Crippen LogP contribution in [0.1, 0.15) is 25.0 Å². The van der Waals surface area contributed by atoms with Gasteiger partial charge in [0.25, 0.3) is 10.0 Å². The Morgan fingerprint density at radius 2 is 1.56 bits per heavy atom. The lowest BCUT2D eigenvalue weighted by Crippen LogP contribution is -2.37. The fourth-order valence-corrected chi connectivity index (χ4v) is 4.43. The van der Waals surface area contributed by atoms with Crippen molar-refractivity contribution in [3.05, 3.63) is 58.1 Å². The maximum atomic E-state index is 13.2. The summed E-state index contributed by atoms with van der Waals surface area (Å²) < 4.78 is 28.1. The Morgan fingerprint density at radius 3 is 2.00 bits per heavy atom. The average Bonchev–Trinajstić information content (AvgIpc) is 2.59. The van der Waals surface area contributed by atoms with Crippen molar-refractivity contribution < 1.29 is 18.3 Å². The van der Waals surface area contributed by atoms with Crippen molar-refractivity contribution in [1.29, 1.82) is 0 Å². The predicted molar refractivity (Wildman–Crippen MR) is 102 cm³/mol. The highest BCUT2D eigenvalue weighted by Gasteiger charge is 2.30. The highest BCUT2D eigenvalue weighted by molar-refractivity contribution is 9.10. The summed E-state index contributed by atoms with van der Waals surface area (Å²) in [4.78, 5) is 11.5. The SMILES string of the molecule is CCc1cccc(CC)c1N(CC(=O)O)S(=O)(=O)c1ccc(Br)cc1. The number of hydrogen-bond donors (Lipinski definition) is 1. The zero-order valence-corrected chi connectivity index (χ0v) is 16.5. The summed E-state index contributed by atoms with van der Waals surface area (Å²) in [5.41, 5.74) is 2.08. The van der Waals surface area contributed by atoms with Gasteiger partial charge in [0.15, 0.2) is 0 Å². The molecule has 0 unspecified atom stereocenters. The summed E-state index contributed by atoms with van der Waals surface area (Å²) in [5, 5.41) is 9.31. The van der Waals surface area contributed by atoms with Crippen molar-refractivity contribution in [2.45, 2.75) is 31.6 Å². The zero-order chi connectivity index (χ0) is 18.6. The van der Waals surface area contributed by atoms with Gasteiger partial charge >= 0.3 is 5.97 Å². The number of nitrogens with zero attached hydrogens (tertiary/aromatic N) is 1. The first-order valence-corrected chi connectivity index (χ1v) is 10.1. The maximum Gasteiger partial charge on any atom is 0.324 e. The Bertz CT molecular complexity index is 841. The Kier molecular flexibility index (Phi) is 6.24. The van der Waals surface area contributed by atoms with Crippen LogP contribution in [-0.2, 0) is 27.7 Å². The van der Waals surface area contributed by atoms with Crippen molar-refractivity contribution in [2.24, 2.45) is 0 Å². The number of hydrogen-bond acceptors (Lipinski definition) is 3. The molecule has 25 heavy (non-hydrogen) atoms. The molecule has 5 nitrogen and oxygen atoms in total. The molecule has 0 aliphatic carbocycles. The van der Waals surface area contributed by atoms with E-state index in [-0.39, 0.29) is 4.90 Å². The first-order valence-electron chi connectivity index (χ1n) is 7.92. The molecule has 134 valence electrons. The van der Waals surface area contributed by atoms with Crippen LogP contribution in [0.5, 0.6) is 0 Å². The number of carboxylic acids is 1. The van der Waals surface area contributed by atoms with Gasteiger partial charge in [0.2, 0.25) is 0 Å². The van der Waals surface area contributed by atoms with Crippen molar-refractivity contribution in [2.75, 3.05) is 10.8 Å². The van der Waals surface area contributed by atoms with Gasteiger partial charge in [-0.2, -0.15) is 0 Å². The van der Waals surface area contributed by atoms with Crippen LogP contribution in [0.15, 0.2) is 51.8 Å². The number of sulfonamides is 1. The highest BCUT2D eigenvalue weighted by atomic mass is 79.9. The number of rotatable bonds is 7. The predicted octanol–water partition coefficient (Wildman–Crippen LogP) is 3.85. The normalized spacial score (nSPS) is 11.3. The van der Waals surface area contributed by atoms with Crippen molar-refractivity contribution in [1.82, 2.24) is 0 Å². The molecular weight excluding hydrogens is 406 g/mol. The molecule has 0 saturated carbocycles. The van der Waals surface area contributed by atoms with Gasteiger partial charge < -0.3 is 5.11 Å². The number of carbonyl (C=O) groups is 1. The fourth-order valence-electron chi connectivity index (χ4n) is 2.68. The van der Waals surface area contributed by atoms with Crippen LogP contribution in [0, 0.1) is 0 Å². The number of anilines is 1. The molecule has 0 heterocycles. The average molecular weight is 426 g/mol. The summed E-state index contributed by atoms with van der Waals surface area (Å²) in [5.74, 6) is -1.20. The molecular formula is C18H20BrNO4S. The molecule has 0 radical (unpaired) electrons. The lowest BCUT2D eigenvalue weighted by molar-refractivity contribution is -0.135. The summed E-state index contributed by atoms with van der Waals surface area (Å²) in [6.07, 6.45) is 1.21. The summed E-state index contributed by atoms with van der Waals surface area (Å²) >= 11 is 3.28. The van der Waals surface area contributed by atoms with Gasteiger partial charge in [-0.05, 0) is 48.2 Å². The molecule has 0 saturated heterocycles. The minimum atomic E-state index is -4.00. The molecule has 0 amide bonds. The van der Waals surface area contributed by atoms with E-state index in [9.17, 15) is 18.3 Å². The number of carboxylic acid groups (broad SMARTS) is 1. The number of para-hydroxylation sites is 1. The fraction of sp³-hybridized carbons (Fsp3) is 0.278. The van der Waals surface area contributed by atoms with Gasteiger partial charge in [0.05, 0.1) is 10.6 Å². The van der Waals surface area contributed by atoms with Crippen LogP contribution in [-0.4, -0.2) is 26.0 Å². The Labute approximate surface area is 156 Å². The molecule has 0 aliphatic heterocycles. The van der Waals surface area contributed by atoms with Gasteiger partial charge in [-0.1, -0.05) is 48.0 Å². The van der Waals surface area contributed by atoms with E-state index in [1.807, 2.05) is 32.0 Å². The number of aliphatic carboxylic acids is 1. The molecule has 0 spiro atoms. The van der Waals surface area contributed by atoms with E-state index in [0.717, 1.165) is 19.9 Å². The van der Waals surface area contributed by atoms with Crippen LogP contribution in [0.3, 0.4) is 0 Å². The van der Waals surface area contributed by atoms with E-state index >= 15 is 0 Å². The van der Waals surface area contributed by atoms with E-state index < -0.39 is 22.5 Å². The standard InChI is InChI=1S/C18H20BrNO4S/c1-3-13-6-5-7-14(4-2)18(13)20(12-17(21)22)25(23,24)16-10-8-15(19)9-11-16/h5-11H,3-4,12H2,1-2H3,(H,21,22). The monoisotopic (exact) mass is 425 g/mol. The van der Waals surface area contributed by atoms with Crippen LogP contribution >= 0.6 is 15.9 Å². The van der Waals surface area contributed by atoms with E-state index in [0.29, 0.717) is 18.5 Å². The third-order valence-corrected chi connectivity index (χ3v) is 6.18. The van der Waals surface area contributed by atoms with Crippen LogP contribution < -0.4 is 4.31 Å². The minimum Gasteiger partial charge on any atom is -0.480 e. The van der Waals surface area contributed by atoms with Crippen LogP contribution in [0.2, 0.25) is 0 Å². The topological polar surface area (TPSA) is 74.7 Å². The van der Waals surface area contributed by atoms with E-state index in [2.05, 4.69) is 15.9 Å². The van der Waals surface area contributed by atoms with E-state index in [4.69, 9.17) is 0 Å². The Morgan fingerprint density at radius 1 is 1.04 bits per heavy atom. The second-order valence-corrected chi connectivity index (χ2v) is 8.27. The molecule has 7 heteroatoms.